The molecule has 2 atom stereocenters. The molecule has 1 aromatic carbocycles. The van der Waals surface area contributed by atoms with Crippen molar-refractivity contribution in [1.82, 2.24) is 14.8 Å². The van der Waals surface area contributed by atoms with E-state index in [0.717, 1.165) is 63.2 Å². The molecule has 2 aliphatic heterocycles. The summed E-state index contributed by atoms with van der Waals surface area (Å²) in [6, 6.07) is 9.82. The van der Waals surface area contributed by atoms with Crippen LogP contribution in [0, 0.1) is 5.41 Å². The minimum absolute atomic E-state index is 0.0522. The number of hydrogen-bond donors (Lipinski definition) is 0. The quantitative estimate of drug-likeness (QED) is 0.463. The van der Waals surface area contributed by atoms with Crippen molar-refractivity contribution in [2.75, 3.05) is 40.5 Å². The van der Waals surface area contributed by atoms with Crippen LogP contribution >= 0.6 is 0 Å². The van der Waals surface area contributed by atoms with Gasteiger partial charge >= 0.3 is 6.18 Å². The first kappa shape index (κ1) is 27.9. The lowest BCUT2D eigenvalue weighted by atomic mass is 9.80. The molecule has 1 aromatic heterocycles. The van der Waals surface area contributed by atoms with Gasteiger partial charge in [0.2, 0.25) is 5.91 Å². The zero-order valence-corrected chi connectivity index (χ0v) is 22.8. The Labute approximate surface area is 228 Å². The topological polar surface area (TPSA) is 54.9 Å². The summed E-state index contributed by atoms with van der Waals surface area (Å²) < 4.78 is 50.7. The zero-order chi connectivity index (χ0) is 27.6. The van der Waals surface area contributed by atoms with Crippen LogP contribution in [-0.2, 0) is 28.7 Å². The van der Waals surface area contributed by atoms with Crippen LogP contribution in [0.15, 0.2) is 36.5 Å². The number of methoxy groups -OCH3 is 2. The van der Waals surface area contributed by atoms with Gasteiger partial charge in [-0.3, -0.25) is 9.78 Å². The molecule has 0 radical (unpaired) electrons. The maximum Gasteiger partial charge on any atom is 0.417 e. The first-order valence-corrected chi connectivity index (χ1v) is 13.9. The molecule has 3 heterocycles. The lowest BCUT2D eigenvalue weighted by molar-refractivity contribution is -0.144. The van der Waals surface area contributed by atoms with Gasteiger partial charge in [-0.15, -0.1) is 0 Å². The summed E-state index contributed by atoms with van der Waals surface area (Å²) in [4.78, 5) is 22.4. The number of likely N-dealkylation sites (tertiary alicyclic amines) is 1. The SMILES string of the molecule is COCC[C@]1(C(=O)N2CCc3ncc(C(F)(F)F)cc3C2)CC[C@@H](N2CCC(c3cccc(OC)c3)CC2)C1. The van der Waals surface area contributed by atoms with E-state index in [4.69, 9.17) is 9.47 Å². The number of aromatic nitrogens is 1. The number of fused-ring (bicyclic) bond motifs is 1. The summed E-state index contributed by atoms with van der Waals surface area (Å²) in [6.45, 7) is 3.13. The molecule has 0 bridgehead atoms. The van der Waals surface area contributed by atoms with Crippen molar-refractivity contribution in [3.63, 3.8) is 0 Å². The highest BCUT2D eigenvalue weighted by Gasteiger charge is 2.49. The van der Waals surface area contributed by atoms with E-state index in [1.165, 1.54) is 5.56 Å². The number of halogens is 3. The molecule has 212 valence electrons. The van der Waals surface area contributed by atoms with Gasteiger partial charge in [-0.1, -0.05) is 12.1 Å². The van der Waals surface area contributed by atoms with Gasteiger partial charge in [0, 0.05) is 51.2 Å². The van der Waals surface area contributed by atoms with E-state index < -0.39 is 17.2 Å². The Hall–Kier alpha value is -2.65. The molecule has 1 saturated heterocycles. The van der Waals surface area contributed by atoms with Crippen LogP contribution in [0.1, 0.15) is 66.8 Å². The molecule has 39 heavy (non-hydrogen) atoms. The molecule has 3 aliphatic rings. The fourth-order valence-electron chi connectivity index (χ4n) is 6.82. The number of alkyl halides is 3. The Bertz CT molecular complexity index is 1170. The molecular weight excluding hydrogens is 507 g/mol. The molecule has 5 rings (SSSR count). The molecule has 2 aromatic rings. The number of pyridine rings is 1. The van der Waals surface area contributed by atoms with E-state index in [2.05, 4.69) is 22.0 Å². The number of piperidine rings is 1. The van der Waals surface area contributed by atoms with Crippen LogP contribution in [0.5, 0.6) is 5.75 Å². The highest BCUT2D eigenvalue weighted by molar-refractivity contribution is 5.83. The fraction of sp³-hybridized carbons (Fsp3) is 0.600. The van der Waals surface area contributed by atoms with Crippen LogP contribution in [0.25, 0.3) is 0 Å². The van der Waals surface area contributed by atoms with Gasteiger partial charge in [-0.05, 0) is 86.9 Å². The van der Waals surface area contributed by atoms with Crippen molar-refractivity contribution in [3.05, 3.63) is 58.9 Å². The summed E-state index contributed by atoms with van der Waals surface area (Å²) in [6.07, 6.45) is 2.18. The number of hydrogen-bond acceptors (Lipinski definition) is 5. The predicted molar refractivity (Wildman–Crippen MR) is 141 cm³/mol. The van der Waals surface area contributed by atoms with E-state index >= 15 is 0 Å². The number of carbonyl (C=O) groups is 1. The summed E-state index contributed by atoms with van der Waals surface area (Å²) in [5.74, 6) is 1.44. The number of benzene rings is 1. The first-order valence-electron chi connectivity index (χ1n) is 13.9. The van der Waals surface area contributed by atoms with E-state index in [-0.39, 0.29) is 12.5 Å². The molecule has 6 nitrogen and oxygen atoms in total. The second kappa shape index (κ2) is 11.5. The Morgan fingerprint density at radius 2 is 1.92 bits per heavy atom. The molecule has 1 amide bonds. The highest BCUT2D eigenvalue weighted by atomic mass is 19.4. The molecule has 1 saturated carbocycles. The molecule has 0 spiro atoms. The number of ether oxygens (including phenoxy) is 2. The Morgan fingerprint density at radius 1 is 1.13 bits per heavy atom. The number of nitrogens with zero attached hydrogens (tertiary/aromatic N) is 3. The Kier molecular flexibility index (Phi) is 8.19. The Balaban J connectivity index is 1.26. The maximum atomic E-state index is 14.0. The van der Waals surface area contributed by atoms with Crippen LogP contribution in [0.3, 0.4) is 0 Å². The Morgan fingerprint density at radius 3 is 2.64 bits per heavy atom. The molecule has 0 N–H and O–H groups in total. The maximum absolute atomic E-state index is 14.0. The molecule has 2 fully saturated rings. The van der Waals surface area contributed by atoms with Crippen molar-refractivity contribution in [1.29, 1.82) is 0 Å². The summed E-state index contributed by atoms with van der Waals surface area (Å²) in [5.41, 5.74) is 1.17. The van der Waals surface area contributed by atoms with Gasteiger partial charge < -0.3 is 19.3 Å². The summed E-state index contributed by atoms with van der Waals surface area (Å²) >= 11 is 0. The lowest BCUT2D eigenvalue weighted by Gasteiger charge is -2.39. The first-order chi connectivity index (χ1) is 18.7. The van der Waals surface area contributed by atoms with Crippen LogP contribution in [0.2, 0.25) is 0 Å². The van der Waals surface area contributed by atoms with Gasteiger partial charge in [-0.25, -0.2) is 0 Å². The number of rotatable bonds is 7. The normalized spacial score (nSPS) is 24.5. The zero-order valence-electron chi connectivity index (χ0n) is 22.8. The van der Waals surface area contributed by atoms with Crippen molar-refractivity contribution in [2.45, 2.75) is 69.6 Å². The smallest absolute Gasteiger partial charge is 0.417 e. The third kappa shape index (κ3) is 5.94. The minimum atomic E-state index is -4.45. The third-order valence-corrected chi connectivity index (χ3v) is 9.09. The second-order valence-corrected chi connectivity index (χ2v) is 11.3. The van der Waals surface area contributed by atoms with Crippen molar-refractivity contribution in [2.24, 2.45) is 5.41 Å². The van der Waals surface area contributed by atoms with Gasteiger partial charge in [0.15, 0.2) is 0 Å². The molecule has 0 unspecified atom stereocenters. The minimum Gasteiger partial charge on any atom is -0.497 e. The second-order valence-electron chi connectivity index (χ2n) is 11.3. The van der Waals surface area contributed by atoms with E-state index in [0.29, 0.717) is 49.2 Å². The van der Waals surface area contributed by atoms with Gasteiger partial charge in [0.1, 0.15) is 5.75 Å². The van der Waals surface area contributed by atoms with Crippen LogP contribution in [-0.4, -0.2) is 67.2 Å². The largest absolute Gasteiger partial charge is 0.497 e. The molecule has 1 aliphatic carbocycles. The van der Waals surface area contributed by atoms with E-state index in [1.807, 2.05) is 12.1 Å². The molecular formula is C30H38F3N3O3. The van der Waals surface area contributed by atoms with Crippen molar-refractivity contribution < 1.29 is 27.4 Å². The van der Waals surface area contributed by atoms with Gasteiger partial charge in [-0.2, -0.15) is 13.2 Å². The number of amides is 1. The fourth-order valence-corrected chi connectivity index (χ4v) is 6.82. The van der Waals surface area contributed by atoms with Gasteiger partial charge in [0.05, 0.1) is 18.1 Å². The average molecular weight is 546 g/mol. The average Bonchev–Trinajstić information content (AvgIpc) is 3.40. The molecule has 9 heteroatoms. The third-order valence-electron chi connectivity index (χ3n) is 9.09. The van der Waals surface area contributed by atoms with Gasteiger partial charge in [0.25, 0.3) is 0 Å². The highest BCUT2D eigenvalue weighted by Crippen LogP contribution is 2.46. The van der Waals surface area contributed by atoms with Crippen molar-refractivity contribution in [3.8, 4) is 5.75 Å². The van der Waals surface area contributed by atoms with E-state index in [1.54, 1.807) is 19.1 Å². The summed E-state index contributed by atoms with van der Waals surface area (Å²) in [7, 11) is 3.34. The van der Waals surface area contributed by atoms with Crippen LogP contribution < -0.4 is 4.74 Å². The number of carbonyl (C=O) groups excluding carboxylic acids is 1. The predicted octanol–water partition coefficient (Wildman–Crippen LogP) is 5.45. The van der Waals surface area contributed by atoms with Crippen molar-refractivity contribution >= 4 is 5.91 Å². The standard InChI is InChI=1S/C30H38F3N3O3/c1-38-15-11-29(28(37)36-14-9-27-23(20-36)16-24(19-34-27)30(31,32)33)10-6-25(18-29)35-12-7-21(8-13-35)22-4-3-5-26(17-22)39-2/h3-5,16-17,19,21,25H,6-15,18,20H2,1-2H3/t25-,29-/m1/s1. The van der Waals surface area contributed by atoms with E-state index in [9.17, 15) is 18.0 Å². The van der Waals surface area contributed by atoms with Crippen LogP contribution in [0.4, 0.5) is 13.2 Å². The summed E-state index contributed by atoms with van der Waals surface area (Å²) in [5, 5.41) is 0. The monoisotopic (exact) mass is 545 g/mol. The lowest BCUT2D eigenvalue weighted by Crippen LogP contribution is -2.47.